The van der Waals surface area contributed by atoms with Crippen LogP contribution in [0.2, 0.25) is 0 Å². The number of ketones is 1. The molecule has 0 spiro atoms. The van der Waals surface area contributed by atoms with Crippen LogP contribution in [-0.4, -0.2) is 47.2 Å². The fourth-order valence-corrected chi connectivity index (χ4v) is 4.50. The second-order valence-corrected chi connectivity index (χ2v) is 8.86. The molecule has 0 saturated carbocycles. The number of morpholine rings is 1. The lowest BCUT2D eigenvalue weighted by molar-refractivity contribution is -0.137. The summed E-state index contributed by atoms with van der Waals surface area (Å²) in [5.41, 5.74) is 3.49. The summed E-state index contributed by atoms with van der Waals surface area (Å²) in [5.74, 6) is 0.456. The molecule has 5 rings (SSSR count). The summed E-state index contributed by atoms with van der Waals surface area (Å²) < 4.78 is 44.0. The van der Waals surface area contributed by atoms with Crippen molar-refractivity contribution in [2.75, 3.05) is 31.2 Å². The van der Waals surface area contributed by atoms with E-state index in [9.17, 15) is 23.1 Å². The zero-order chi connectivity index (χ0) is 25.3. The Bertz CT molecular complexity index is 1310. The average molecular weight is 496 g/mol. The minimum Gasteiger partial charge on any atom is -0.508 e. The predicted octanol–water partition coefficient (Wildman–Crippen LogP) is 5.31. The quantitative estimate of drug-likeness (QED) is 0.484. The van der Waals surface area contributed by atoms with Gasteiger partial charge in [0.1, 0.15) is 5.75 Å². The molecule has 186 valence electrons. The maximum atomic E-state index is 12.8. The van der Waals surface area contributed by atoms with Gasteiger partial charge in [-0.05, 0) is 43.2 Å². The standard InChI is InChI=1S/C27H24F3N3O3/c28-27(29,30)20-7-5-18(6-8-20)24(35)15-17-4-9-22-23(14-17)31-26(33-10-12-36-13-11-33)32-25(22)19-2-1-3-21(34)16-19/h1-3,5-8,14,16,34H,4,9-13,15H2. The highest BCUT2D eigenvalue weighted by Gasteiger charge is 2.30. The normalized spacial score (nSPS) is 15.9. The van der Waals surface area contributed by atoms with Crippen molar-refractivity contribution in [2.24, 2.45) is 0 Å². The van der Waals surface area contributed by atoms with Crippen LogP contribution >= 0.6 is 0 Å². The van der Waals surface area contributed by atoms with Crippen LogP contribution in [0.5, 0.6) is 5.75 Å². The number of Topliss-reactive ketones (excluding diaryl/α,β-unsaturated/α-hetero) is 1. The van der Waals surface area contributed by atoms with Gasteiger partial charge >= 0.3 is 6.18 Å². The zero-order valence-electron chi connectivity index (χ0n) is 19.4. The minimum atomic E-state index is -4.44. The van der Waals surface area contributed by atoms with Gasteiger partial charge in [0, 0.05) is 36.2 Å². The zero-order valence-corrected chi connectivity index (χ0v) is 19.4. The number of nitrogens with zero attached hydrogens (tertiary/aromatic N) is 3. The Morgan fingerprint density at radius 1 is 1.03 bits per heavy atom. The van der Waals surface area contributed by atoms with Gasteiger partial charge in [-0.25, -0.2) is 9.97 Å². The van der Waals surface area contributed by atoms with Crippen molar-refractivity contribution in [1.82, 2.24) is 9.97 Å². The van der Waals surface area contributed by atoms with Crippen LogP contribution in [0.3, 0.4) is 0 Å². The Morgan fingerprint density at radius 3 is 2.47 bits per heavy atom. The highest BCUT2D eigenvalue weighted by molar-refractivity contribution is 5.98. The number of alkyl halides is 3. The Balaban J connectivity index is 1.46. The van der Waals surface area contributed by atoms with Crippen molar-refractivity contribution in [1.29, 1.82) is 0 Å². The van der Waals surface area contributed by atoms with E-state index in [2.05, 4.69) is 0 Å². The number of carbonyl (C=O) groups is 1. The third-order valence-corrected chi connectivity index (χ3v) is 6.40. The van der Waals surface area contributed by atoms with E-state index in [1.807, 2.05) is 17.0 Å². The third-order valence-electron chi connectivity index (χ3n) is 6.40. The molecule has 0 bridgehead atoms. The summed E-state index contributed by atoms with van der Waals surface area (Å²) in [6.07, 6.45) is -1.24. The summed E-state index contributed by atoms with van der Waals surface area (Å²) in [4.78, 5) is 24.5. The number of benzene rings is 2. The number of ether oxygens (including phenoxy) is 1. The first kappa shape index (κ1) is 24.0. The fraction of sp³-hybridized carbons (Fsp3) is 0.296. The van der Waals surface area contributed by atoms with Crippen molar-refractivity contribution >= 4 is 17.8 Å². The molecule has 36 heavy (non-hydrogen) atoms. The Kier molecular flexibility index (Phi) is 6.49. The van der Waals surface area contributed by atoms with E-state index in [0.29, 0.717) is 50.8 Å². The molecule has 1 N–H and O–H groups in total. The monoisotopic (exact) mass is 495 g/mol. The van der Waals surface area contributed by atoms with Crippen molar-refractivity contribution in [2.45, 2.75) is 25.4 Å². The Labute approximate surface area is 206 Å². The first-order valence-electron chi connectivity index (χ1n) is 11.7. The van der Waals surface area contributed by atoms with Crippen LogP contribution in [0, 0.1) is 0 Å². The molecule has 0 atom stereocenters. The lowest BCUT2D eigenvalue weighted by Gasteiger charge is -2.28. The van der Waals surface area contributed by atoms with Crippen LogP contribution in [-0.2, 0) is 17.3 Å². The van der Waals surface area contributed by atoms with Crippen LogP contribution < -0.4 is 4.90 Å². The van der Waals surface area contributed by atoms with Crippen molar-refractivity contribution < 1.29 is 27.8 Å². The molecule has 1 saturated heterocycles. The number of fused-ring (bicyclic) bond motifs is 1. The SMILES string of the molecule is O=C(CC1=Cc2nc(N3CCOCC3)nc(-c3cccc(O)c3)c2CC1)c1ccc(C(F)(F)F)cc1. The molecule has 1 fully saturated rings. The summed E-state index contributed by atoms with van der Waals surface area (Å²) >= 11 is 0. The molecule has 2 aliphatic rings. The first-order valence-corrected chi connectivity index (χ1v) is 11.7. The molecule has 2 aromatic carbocycles. The molecule has 0 unspecified atom stereocenters. The molecule has 1 aromatic heterocycles. The van der Waals surface area contributed by atoms with Crippen molar-refractivity contribution in [3.63, 3.8) is 0 Å². The van der Waals surface area contributed by atoms with Gasteiger partial charge in [-0.2, -0.15) is 13.2 Å². The number of hydrogen-bond acceptors (Lipinski definition) is 6. The summed E-state index contributed by atoms with van der Waals surface area (Å²) in [7, 11) is 0. The topological polar surface area (TPSA) is 75.6 Å². The number of aromatic hydroxyl groups is 1. The highest BCUT2D eigenvalue weighted by Crippen LogP contribution is 2.35. The smallest absolute Gasteiger partial charge is 0.416 e. The fourth-order valence-electron chi connectivity index (χ4n) is 4.50. The van der Waals surface area contributed by atoms with Gasteiger partial charge in [0.25, 0.3) is 0 Å². The maximum absolute atomic E-state index is 12.8. The van der Waals surface area contributed by atoms with Gasteiger partial charge in [-0.15, -0.1) is 0 Å². The molecule has 0 radical (unpaired) electrons. The molecule has 6 nitrogen and oxygen atoms in total. The minimum absolute atomic E-state index is 0.100. The van der Waals surface area contributed by atoms with Gasteiger partial charge in [0.15, 0.2) is 5.78 Å². The largest absolute Gasteiger partial charge is 0.508 e. The van der Waals surface area contributed by atoms with Crippen LogP contribution in [0.1, 0.15) is 40.0 Å². The van der Waals surface area contributed by atoms with E-state index in [4.69, 9.17) is 14.7 Å². The van der Waals surface area contributed by atoms with Crippen molar-refractivity contribution in [3.8, 4) is 17.0 Å². The number of hydrogen-bond donors (Lipinski definition) is 1. The summed E-state index contributed by atoms with van der Waals surface area (Å²) in [6.45, 7) is 2.46. The number of allylic oxidation sites excluding steroid dienone is 1. The number of phenolic OH excluding ortho intramolecular Hbond substituents is 1. The van der Waals surface area contributed by atoms with Gasteiger partial charge in [-0.3, -0.25) is 4.79 Å². The summed E-state index contributed by atoms with van der Waals surface area (Å²) in [5, 5.41) is 10.0. The molecule has 9 heteroatoms. The van der Waals surface area contributed by atoms with E-state index in [1.54, 1.807) is 18.2 Å². The number of anilines is 1. The molecule has 2 heterocycles. The second-order valence-electron chi connectivity index (χ2n) is 8.86. The Hall–Kier alpha value is -3.72. The van der Waals surface area contributed by atoms with Crippen molar-refractivity contribution in [3.05, 3.63) is 76.5 Å². The first-order chi connectivity index (χ1) is 17.3. The molecule has 3 aromatic rings. The average Bonchev–Trinajstić information content (AvgIpc) is 2.88. The number of rotatable bonds is 5. The molecule has 0 amide bonds. The van der Waals surface area contributed by atoms with E-state index in [0.717, 1.165) is 34.5 Å². The predicted molar refractivity (Wildman–Crippen MR) is 129 cm³/mol. The van der Waals surface area contributed by atoms with Gasteiger partial charge < -0.3 is 14.7 Å². The maximum Gasteiger partial charge on any atom is 0.416 e. The molecular formula is C27H24F3N3O3. The van der Waals surface area contributed by atoms with E-state index < -0.39 is 11.7 Å². The number of aromatic nitrogens is 2. The lowest BCUT2D eigenvalue weighted by Crippen LogP contribution is -2.37. The van der Waals surface area contributed by atoms with Crippen LogP contribution in [0.15, 0.2) is 54.1 Å². The van der Waals surface area contributed by atoms with Crippen LogP contribution in [0.4, 0.5) is 19.1 Å². The number of halogens is 3. The summed E-state index contributed by atoms with van der Waals surface area (Å²) in [6, 6.07) is 11.2. The molecule has 1 aliphatic carbocycles. The van der Waals surface area contributed by atoms with E-state index in [-0.39, 0.29) is 23.5 Å². The lowest BCUT2D eigenvalue weighted by atomic mass is 9.89. The highest BCUT2D eigenvalue weighted by atomic mass is 19.4. The second kappa shape index (κ2) is 9.73. The number of carbonyl (C=O) groups excluding carboxylic acids is 1. The van der Waals surface area contributed by atoms with Gasteiger partial charge in [0.05, 0.1) is 30.2 Å². The van der Waals surface area contributed by atoms with E-state index in [1.165, 1.54) is 12.1 Å². The van der Waals surface area contributed by atoms with Gasteiger partial charge in [-0.1, -0.05) is 29.8 Å². The number of phenols is 1. The van der Waals surface area contributed by atoms with Crippen LogP contribution in [0.25, 0.3) is 17.3 Å². The van der Waals surface area contributed by atoms with Gasteiger partial charge in [0.2, 0.25) is 5.95 Å². The van der Waals surface area contributed by atoms with E-state index >= 15 is 0 Å². The molecule has 1 aliphatic heterocycles. The Morgan fingerprint density at radius 2 is 1.78 bits per heavy atom. The third kappa shape index (κ3) is 5.11. The molecular weight excluding hydrogens is 471 g/mol.